The van der Waals surface area contributed by atoms with Gasteiger partial charge in [0.05, 0.1) is 10.7 Å². The molecule has 0 amide bonds. The van der Waals surface area contributed by atoms with Gasteiger partial charge < -0.3 is 11.7 Å². The molecule has 0 saturated heterocycles. The summed E-state index contributed by atoms with van der Waals surface area (Å²) in [7, 11) is 0. The van der Waals surface area contributed by atoms with E-state index in [0.29, 0.717) is 0 Å². The standard InChI is InChI=1S/C28H26ClN.C28H25N.K.H/c29-26-7-3-4-8-27(26)30-21-9-10-23-22-5-1-2-6-24(22)28(25(23)16-21)19-12-17-11-18(14-19)15-20(28)13-17;1-3-7-24-20(5-1)22-14-23-21-6-2-4-8-26(21)29-27(23)15-25(22)28(24)18-10-16-9-17(12-18)13-19(28)11-16;;/h1-10,16-20,30H,11-15H2;1-8,14-19,29H,9-13H2;;/q;;+1;-1. The number of halogens is 1. The van der Waals surface area contributed by atoms with Crippen LogP contribution in [-0.2, 0) is 10.8 Å². The molecule has 0 radical (unpaired) electrons. The fourth-order valence-corrected chi connectivity index (χ4v) is 16.6. The maximum atomic E-state index is 6.44. The van der Waals surface area contributed by atoms with Crippen LogP contribution in [0.3, 0.4) is 0 Å². The Balaban J connectivity index is 0.000000127. The molecule has 60 heavy (non-hydrogen) atoms. The first-order valence-corrected chi connectivity index (χ1v) is 23.3. The van der Waals surface area contributed by atoms with Crippen molar-refractivity contribution < 1.29 is 52.8 Å². The minimum atomic E-state index is 0. The summed E-state index contributed by atoms with van der Waals surface area (Å²) in [5.74, 6) is 7.20. The summed E-state index contributed by atoms with van der Waals surface area (Å²) < 4.78 is 0. The van der Waals surface area contributed by atoms with Gasteiger partial charge in [0.25, 0.3) is 0 Å². The molecule has 2 nitrogen and oxygen atoms in total. The van der Waals surface area contributed by atoms with Crippen molar-refractivity contribution in [2.45, 2.75) is 75.0 Å². The molecule has 10 aliphatic rings. The number of anilines is 2. The molecule has 8 fully saturated rings. The van der Waals surface area contributed by atoms with E-state index in [4.69, 9.17) is 11.6 Å². The van der Waals surface area contributed by atoms with Gasteiger partial charge in [0, 0.05) is 38.3 Å². The summed E-state index contributed by atoms with van der Waals surface area (Å²) in [6.45, 7) is 0. The van der Waals surface area contributed by atoms with Gasteiger partial charge in [-0.2, -0.15) is 0 Å². The summed E-state index contributed by atoms with van der Waals surface area (Å²) in [6.07, 6.45) is 14.5. The van der Waals surface area contributed by atoms with Crippen LogP contribution in [0.25, 0.3) is 44.1 Å². The number of fused-ring (bicyclic) bond motifs is 9. The number of rotatable bonds is 2. The zero-order chi connectivity index (χ0) is 38.6. The first-order valence-electron chi connectivity index (χ1n) is 23.0. The molecule has 1 heterocycles. The molecular formula is C56H52ClKN2. The van der Waals surface area contributed by atoms with Crippen LogP contribution in [0.5, 0.6) is 0 Å². The second-order valence-electron chi connectivity index (χ2n) is 20.4. The van der Waals surface area contributed by atoms with Crippen LogP contribution in [0.1, 0.15) is 87.9 Å². The van der Waals surface area contributed by atoms with Crippen LogP contribution < -0.4 is 56.7 Å². The fourth-order valence-electron chi connectivity index (χ4n) is 16.4. The van der Waals surface area contributed by atoms with E-state index in [0.717, 1.165) is 63.7 Å². The van der Waals surface area contributed by atoms with Crippen molar-refractivity contribution in [3.8, 4) is 22.3 Å². The molecule has 0 unspecified atom stereocenters. The Labute approximate surface area is 403 Å². The minimum absolute atomic E-state index is 0. The quantitative estimate of drug-likeness (QED) is 0.167. The zero-order valence-corrected chi connectivity index (χ0v) is 38.6. The molecule has 0 aliphatic heterocycles. The number of nitrogens with one attached hydrogen (secondary N) is 2. The third-order valence-corrected chi connectivity index (χ3v) is 18.2. The third kappa shape index (κ3) is 5.03. The Hall–Kier alpha value is -3.15. The summed E-state index contributed by atoms with van der Waals surface area (Å²) >= 11 is 6.44. The number of hydrogen-bond donors (Lipinski definition) is 2. The Morgan fingerprint density at radius 1 is 0.450 bits per heavy atom. The van der Waals surface area contributed by atoms with Gasteiger partial charge in [-0.15, -0.1) is 0 Å². The van der Waals surface area contributed by atoms with Gasteiger partial charge in [0.1, 0.15) is 0 Å². The van der Waals surface area contributed by atoms with Gasteiger partial charge in [0.15, 0.2) is 0 Å². The molecule has 8 bridgehead atoms. The monoisotopic (exact) mass is 826 g/mol. The first-order chi connectivity index (χ1) is 29.1. The van der Waals surface area contributed by atoms with Crippen molar-refractivity contribution in [2.24, 2.45) is 47.3 Å². The van der Waals surface area contributed by atoms with Crippen LogP contribution in [0.4, 0.5) is 11.4 Å². The molecule has 4 heteroatoms. The summed E-state index contributed by atoms with van der Waals surface area (Å²) in [4.78, 5) is 3.74. The van der Waals surface area contributed by atoms with E-state index in [-0.39, 0.29) is 63.6 Å². The Morgan fingerprint density at radius 2 is 0.950 bits per heavy atom. The SMILES string of the molecule is Clc1ccccc1Nc1ccc2c(c1)C1(c3ccccc3-2)C2CC3CC(C2)CC1C3.[H-].[K+].c1ccc2c(c1)-c1cc3c(cc1C21C2CC4CC(C2)CC1C4)[nH]c1ccccc13. The number of hydrogen-bond acceptors (Lipinski definition) is 1. The second-order valence-corrected chi connectivity index (χ2v) is 20.8. The van der Waals surface area contributed by atoms with Gasteiger partial charge in [-0.05, 0) is 199 Å². The number of H-pyrrole nitrogens is 1. The Morgan fingerprint density at radius 3 is 1.57 bits per heavy atom. The summed E-state index contributed by atoms with van der Waals surface area (Å²) in [5, 5.41) is 7.11. The predicted octanol–water partition coefficient (Wildman–Crippen LogP) is 12.0. The molecular weight excluding hydrogens is 775 g/mol. The largest absolute Gasteiger partial charge is 1.00 e. The van der Waals surface area contributed by atoms with Crippen molar-refractivity contribution >= 4 is 44.8 Å². The summed E-state index contributed by atoms with van der Waals surface area (Å²) in [6, 6.07) is 47.6. The molecule has 0 atom stereocenters. The van der Waals surface area contributed by atoms with E-state index in [2.05, 4.69) is 119 Å². The molecule has 6 aromatic carbocycles. The van der Waals surface area contributed by atoms with Gasteiger partial charge in [-0.25, -0.2) is 0 Å². The van der Waals surface area contributed by atoms with Gasteiger partial charge in [-0.3, -0.25) is 0 Å². The van der Waals surface area contributed by atoms with Crippen molar-refractivity contribution in [3.63, 3.8) is 0 Å². The molecule has 2 N–H and O–H groups in total. The molecule has 7 aromatic rings. The van der Waals surface area contributed by atoms with Crippen molar-refractivity contribution in [1.29, 1.82) is 0 Å². The van der Waals surface area contributed by atoms with E-state index in [1.165, 1.54) is 108 Å². The van der Waals surface area contributed by atoms with Gasteiger partial charge >= 0.3 is 51.4 Å². The smallest absolute Gasteiger partial charge is 1.00 e. The zero-order valence-electron chi connectivity index (χ0n) is 35.7. The normalized spacial score (nSPS) is 32.4. The predicted molar refractivity (Wildman–Crippen MR) is 245 cm³/mol. The average molecular weight is 828 g/mol. The van der Waals surface area contributed by atoms with Crippen LogP contribution in [0, 0.1) is 47.3 Å². The van der Waals surface area contributed by atoms with Crippen molar-refractivity contribution in [3.05, 3.63) is 155 Å². The van der Waals surface area contributed by atoms with E-state index < -0.39 is 0 Å². The van der Waals surface area contributed by atoms with E-state index in [9.17, 15) is 0 Å². The summed E-state index contributed by atoms with van der Waals surface area (Å²) in [5.41, 5.74) is 17.7. The van der Waals surface area contributed by atoms with Crippen LogP contribution in [0.2, 0.25) is 5.02 Å². The van der Waals surface area contributed by atoms with Crippen LogP contribution in [0.15, 0.2) is 127 Å². The van der Waals surface area contributed by atoms with Gasteiger partial charge in [-0.1, -0.05) is 96.5 Å². The Kier molecular flexibility index (Phi) is 8.52. The molecule has 2 spiro atoms. The number of aromatic amines is 1. The van der Waals surface area contributed by atoms with E-state index in [1.54, 1.807) is 22.3 Å². The number of benzene rings is 6. The Bertz CT molecular complexity index is 2840. The third-order valence-electron chi connectivity index (χ3n) is 17.9. The van der Waals surface area contributed by atoms with Crippen LogP contribution >= 0.6 is 11.6 Å². The number of aromatic nitrogens is 1. The van der Waals surface area contributed by atoms with E-state index in [1.807, 2.05) is 18.2 Å². The molecule has 294 valence electrons. The molecule has 10 aliphatic carbocycles. The number of para-hydroxylation sites is 2. The maximum Gasteiger partial charge on any atom is 1.00 e. The fraction of sp³-hybridized carbons (Fsp3) is 0.357. The average Bonchev–Trinajstić information content (AvgIpc) is 3.86. The van der Waals surface area contributed by atoms with Gasteiger partial charge in [0.2, 0.25) is 0 Å². The second kappa shape index (κ2) is 13.7. The van der Waals surface area contributed by atoms with Crippen LogP contribution in [-0.4, -0.2) is 4.98 Å². The van der Waals surface area contributed by atoms with E-state index >= 15 is 0 Å². The first kappa shape index (κ1) is 37.4. The van der Waals surface area contributed by atoms with Crippen molar-refractivity contribution in [1.82, 2.24) is 4.98 Å². The maximum absolute atomic E-state index is 6.44. The molecule has 8 saturated carbocycles. The van der Waals surface area contributed by atoms with Crippen molar-refractivity contribution in [2.75, 3.05) is 5.32 Å². The molecule has 17 rings (SSSR count). The molecule has 1 aromatic heterocycles. The minimum Gasteiger partial charge on any atom is -1.00 e. The topological polar surface area (TPSA) is 27.8 Å².